The Bertz CT molecular complexity index is 932. The van der Waals surface area contributed by atoms with Crippen LogP contribution in [0.3, 0.4) is 0 Å². The van der Waals surface area contributed by atoms with Gasteiger partial charge in [0.2, 0.25) is 5.91 Å². The van der Waals surface area contributed by atoms with Gasteiger partial charge in [0, 0.05) is 19.2 Å². The summed E-state index contributed by atoms with van der Waals surface area (Å²) < 4.78 is 1.91. The summed E-state index contributed by atoms with van der Waals surface area (Å²) >= 11 is 0. The van der Waals surface area contributed by atoms with Gasteiger partial charge in [-0.1, -0.05) is 54.6 Å². The monoisotopic (exact) mass is 346 g/mol. The summed E-state index contributed by atoms with van der Waals surface area (Å²) in [5.74, 6) is 1.58. The van der Waals surface area contributed by atoms with Crippen molar-refractivity contribution >= 4 is 5.91 Å². The van der Waals surface area contributed by atoms with Gasteiger partial charge in [0.15, 0.2) is 5.82 Å². The first-order valence-corrected chi connectivity index (χ1v) is 8.96. The lowest BCUT2D eigenvalue weighted by Gasteiger charge is -2.35. The van der Waals surface area contributed by atoms with Gasteiger partial charge in [0.1, 0.15) is 5.82 Å². The molecule has 2 aromatic carbocycles. The molecule has 4 rings (SSSR count). The predicted molar refractivity (Wildman–Crippen MR) is 100 cm³/mol. The largest absolute Gasteiger partial charge is 0.335 e. The van der Waals surface area contributed by atoms with E-state index in [1.54, 1.807) is 0 Å². The summed E-state index contributed by atoms with van der Waals surface area (Å²) in [6.45, 7) is 2.85. The molecule has 0 N–H and O–H groups in total. The van der Waals surface area contributed by atoms with Crippen LogP contribution in [0.5, 0.6) is 0 Å². The van der Waals surface area contributed by atoms with Crippen LogP contribution in [0.4, 0.5) is 0 Å². The average molecular weight is 346 g/mol. The van der Waals surface area contributed by atoms with E-state index >= 15 is 0 Å². The summed E-state index contributed by atoms with van der Waals surface area (Å²) in [5.41, 5.74) is 3.59. The smallest absolute Gasteiger partial charge is 0.230 e. The second-order valence-corrected chi connectivity index (χ2v) is 6.75. The topological polar surface area (TPSA) is 51.0 Å². The van der Waals surface area contributed by atoms with Crippen LogP contribution in [0.2, 0.25) is 0 Å². The Morgan fingerprint density at radius 2 is 1.81 bits per heavy atom. The molecule has 1 atom stereocenters. The predicted octanol–water partition coefficient (Wildman–Crippen LogP) is 3.17. The zero-order valence-corrected chi connectivity index (χ0v) is 15.1. The standard InChI is InChI=1S/C21H22N4O/c1-15-18-11-7-6-8-16(18)12-13-25(15)20(26)14-19-22-23-21(24(19)2)17-9-4-3-5-10-17/h3-11,15H,12-14H2,1-2H3/t15-/m1/s1. The molecule has 5 heteroatoms. The maximum Gasteiger partial charge on any atom is 0.230 e. The average Bonchev–Trinajstić information content (AvgIpc) is 3.03. The van der Waals surface area contributed by atoms with Crippen molar-refractivity contribution in [3.8, 4) is 11.4 Å². The number of hydrogen-bond acceptors (Lipinski definition) is 3. The number of carbonyl (C=O) groups excluding carboxylic acids is 1. The third kappa shape index (κ3) is 2.90. The molecule has 3 aromatic rings. The number of fused-ring (bicyclic) bond motifs is 1. The van der Waals surface area contributed by atoms with Crippen molar-refractivity contribution < 1.29 is 4.79 Å². The summed E-state index contributed by atoms with van der Waals surface area (Å²) in [4.78, 5) is 14.9. The molecule has 0 spiro atoms. The van der Waals surface area contributed by atoms with E-state index in [-0.39, 0.29) is 18.4 Å². The number of amides is 1. The lowest BCUT2D eigenvalue weighted by Crippen LogP contribution is -2.40. The maximum absolute atomic E-state index is 12.9. The fraction of sp³-hybridized carbons (Fsp3) is 0.286. The summed E-state index contributed by atoms with van der Waals surface area (Å²) in [7, 11) is 1.92. The number of benzene rings is 2. The van der Waals surface area contributed by atoms with Crippen LogP contribution in [-0.4, -0.2) is 32.1 Å². The molecule has 1 aliphatic heterocycles. The number of hydrogen-bond donors (Lipinski definition) is 0. The zero-order valence-electron chi connectivity index (χ0n) is 15.1. The molecule has 1 aromatic heterocycles. The highest BCUT2D eigenvalue weighted by Crippen LogP contribution is 2.29. The third-order valence-electron chi connectivity index (χ3n) is 5.22. The first-order chi connectivity index (χ1) is 12.6. The first-order valence-electron chi connectivity index (χ1n) is 8.96. The molecule has 2 heterocycles. The zero-order chi connectivity index (χ0) is 18.1. The van der Waals surface area contributed by atoms with E-state index in [4.69, 9.17) is 0 Å². The van der Waals surface area contributed by atoms with Crippen molar-refractivity contribution in [2.75, 3.05) is 6.54 Å². The minimum Gasteiger partial charge on any atom is -0.335 e. The molecule has 26 heavy (non-hydrogen) atoms. The Morgan fingerprint density at radius 1 is 1.08 bits per heavy atom. The van der Waals surface area contributed by atoms with Crippen LogP contribution in [0.15, 0.2) is 54.6 Å². The summed E-state index contributed by atoms with van der Waals surface area (Å²) in [6.07, 6.45) is 1.17. The molecule has 0 bridgehead atoms. The van der Waals surface area contributed by atoms with Crippen LogP contribution < -0.4 is 0 Å². The van der Waals surface area contributed by atoms with Gasteiger partial charge < -0.3 is 9.47 Å². The van der Waals surface area contributed by atoms with Gasteiger partial charge in [-0.05, 0) is 24.5 Å². The van der Waals surface area contributed by atoms with Crippen LogP contribution in [0, 0.1) is 0 Å². The highest BCUT2D eigenvalue weighted by Gasteiger charge is 2.28. The van der Waals surface area contributed by atoms with E-state index in [2.05, 4.69) is 35.3 Å². The molecule has 5 nitrogen and oxygen atoms in total. The quantitative estimate of drug-likeness (QED) is 0.732. The van der Waals surface area contributed by atoms with Gasteiger partial charge in [-0.15, -0.1) is 10.2 Å². The van der Waals surface area contributed by atoms with Crippen LogP contribution in [0.1, 0.15) is 29.9 Å². The molecule has 0 unspecified atom stereocenters. The molecule has 0 radical (unpaired) electrons. The number of rotatable bonds is 3. The lowest BCUT2D eigenvalue weighted by molar-refractivity contribution is -0.133. The van der Waals surface area contributed by atoms with Crippen LogP contribution in [-0.2, 0) is 24.7 Å². The van der Waals surface area contributed by atoms with Gasteiger partial charge in [-0.3, -0.25) is 4.79 Å². The highest BCUT2D eigenvalue weighted by molar-refractivity contribution is 5.79. The van der Waals surface area contributed by atoms with Crippen LogP contribution >= 0.6 is 0 Å². The Hall–Kier alpha value is -2.95. The second-order valence-electron chi connectivity index (χ2n) is 6.75. The molecule has 132 valence electrons. The fourth-order valence-electron chi connectivity index (χ4n) is 3.70. The van der Waals surface area contributed by atoms with Gasteiger partial charge in [-0.2, -0.15) is 0 Å². The summed E-state index contributed by atoms with van der Waals surface area (Å²) in [6, 6.07) is 18.4. The van der Waals surface area contributed by atoms with Gasteiger partial charge in [-0.25, -0.2) is 0 Å². The van der Waals surface area contributed by atoms with Crippen molar-refractivity contribution in [2.45, 2.75) is 25.8 Å². The first kappa shape index (κ1) is 16.5. The highest BCUT2D eigenvalue weighted by atomic mass is 16.2. The normalized spacial score (nSPS) is 16.4. The molecule has 0 saturated carbocycles. The van der Waals surface area contributed by atoms with E-state index < -0.39 is 0 Å². The fourth-order valence-corrected chi connectivity index (χ4v) is 3.70. The molecule has 1 amide bonds. The molecular weight excluding hydrogens is 324 g/mol. The molecule has 0 fully saturated rings. The van der Waals surface area contributed by atoms with Crippen molar-refractivity contribution in [3.05, 3.63) is 71.5 Å². The van der Waals surface area contributed by atoms with E-state index in [1.165, 1.54) is 11.1 Å². The SMILES string of the molecule is C[C@@H]1c2ccccc2CCN1C(=O)Cc1nnc(-c2ccccc2)n1C. The molecule has 0 aliphatic carbocycles. The lowest BCUT2D eigenvalue weighted by atomic mass is 9.93. The second kappa shape index (κ2) is 6.75. The maximum atomic E-state index is 12.9. The Balaban J connectivity index is 1.54. The minimum atomic E-state index is 0.0919. The van der Waals surface area contributed by atoms with Gasteiger partial charge >= 0.3 is 0 Å². The van der Waals surface area contributed by atoms with Crippen molar-refractivity contribution in [3.63, 3.8) is 0 Å². The van der Waals surface area contributed by atoms with Crippen molar-refractivity contribution in [1.29, 1.82) is 0 Å². The van der Waals surface area contributed by atoms with Crippen molar-refractivity contribution in [2.24, 2.45) is 7.05 Å². The van der Waals surface area contributed by atoms with E-state index in [9.17, 15) is 4.79 Å². The van der Waals surface area contributed by atoms with Gasteiger partial charge in [0.25, 0.3) is 0 Å². The van der Waals surface area contributed by atoms with E-state index in [1.807, 2.05) is 52.9 Å². The minimum absolute atomic E-state index is 0.0919. The molecular formula is C21H22N4O. The van der Waals surface area contributed by atoms with Gasteiger partial charge in [0.05, 0.1) is 12.5 Å². The Kier molecular flexibility index (Phi) is 4.29. The number of nitrogens with zero attached hydrogens (tertiary/aromatic N) is 4. The van der Waals surface area contributed by atoms with Crippen molar-refractivity contribution in [1.82, 2.24) is 19.7 Å². The van der Waals surface area contributed by atoms with E-state index in [0.29, 0.717) is 5.82 Å². The molecule has 0 saturated heterocycles. The van der Waals surface area contributed by atoms with Crippen LogP contribution in [0.25, 0.3) is 11.4 Å². The van der Waals surface area contributed by atoms with E-state index in [0.717, 1.165) is 24.4 Å². The summed E-state index contributed by atoms with van der Waals surface area (Å²) in [5, 5.41) is 8.54. The number of aromatic nitrogens is 3. The Labute approximate surface area is 153 Å². The molecule has 1 aliphatic rings. The Morgan fingerprint density at radius 3 is 2.62 bits per heavy atom. The number of carbonyl (C=O) groups is 1. The third-order valence-corrected chi connectivity index (χ3v) is 5.22.